The number of nitrogens with one attached hydrogen (secondary N) is 1. The first-order valence-electron chi connectivity index (χ1n) is 6.14. The zero-order valence-corrected chi connectivity index (χ0v) is 11.0. The third-order valence-corrected chi connectivity index (χ3v) is 3.54. The third kappa shape index (κ3) is 1.74. The van der Waals surface area contributed by atoms with Crippen molar-refractivity contribution in [1.82, 2.24) is 0 Å². The Kier molecular flexibility index (Phi) is 2.84. The van der Waals surface area contributed by atoms with Crippen LogP contribution in [0.4, 0.5) is 0 Å². The van der Waals surface area contributed by atoms with E-state index in [1.54, 1.807) is 0 Å². The van der Waals surface area contributed by atoms with Crippen molar-refractivity contribution in [2.75, 3.05) is 0 Å². The Hall–Kier alpha value is -2.12. The zero-order valence-electron chi connectivity index (χ0n) is 10.2. The maximum absolute atomic E-state index is 3.36. The molecule has 4 rings (SSSR count). The van der Waals surface area contributed by atoms with E-state index in [9.17, 15) is 0 Å². The third-order valence-electron chi connectivity index (χ3n) is 3.54. The number of fused-ring (bicyclic) bond motifs is 5. The van der Waals surface area contributed by atoms with Crippen LogP contribution in [0.2, 0.25) is 0 Å². The first-order chi connectivity index (χ1) is 8.93. The number of aromatic nitrogens is 1. The van der Waals surface area contributed by atoms with Gasteiger partial charge in [0.15, 0.2) is 6.20 Å². The molecule has 19 heavy (non-hydrogen) atoms. The molecule has 3 aromatic carbocycles. The zero-order chi connectivity index (χ0) is 11.9. The summed E-state index contributed by atoms with van der Waals surface area (Å²) in [6, 6.07) is 21.4. The molecule has 0 saturated heterocycles. The highest BCUT2D eigenvalue weighted by molar-refractivity contribution is 6.18. The molecule has 0 aliphatic carbocycles. The Morgan fingerprint density at radius 2 is 1.32 bits per heavy atom. The van der Waals surface area contributed by atoms with Crippen molar-refractivity contribution < 1.29 is 17.4 Å². The largest absolute Gasteiger partial charge is 1.00 e. The van der Waals surface area contributed by atoms with Gasteiger partial charge in [0.25, 0.3) is 0 Å². The monoisotopic (exact) mass is 265 g/mol. The molecule has 0 unspecified atom stereocenters. The molecule has 0 amide bonds. The van der Waals surface area contributed by atoms with Gasteiger partial charge in [0.1, 0.15) is 0 Å². The lowest BCUT2D eigenvalue weighted by Crippen LogP contribution is -3.00. The van der Waals surface area contributed by atoms with Crippen molar-refractivity contribution in [1.29, 1.82) is 0 Å². The van der Waals surface area contributed by atoms with E-state index in [0.717, 1.165) is 0 Å². The molecule has 0 aliphatic rings. The van der Waals surface area contributed by atoms with Crippen molar-refractivity contribution in [3.05, 3.63) is 66.9 Å². The Morgan fingerprint density at radius 3 is 2.21 bits per heavy atom. The lowest BCUT2D eigenvalue weighted by atomic mass is 10.00. The quantitative estimate of drug-likeness (QED) is 0.421. The van der Waals surface area contributed by atoms with Gasteiger partial charge >= 0.3 is 0 Å². The second-order valence-corrected chi connectivity index (χ2v) is 4.59. The Balaban J connectivity index is 0.00000110. The summed E-state index contributed by atoms with van der Waals surface area (Å²) in [4.78, 5) is 3.36. The second-order valence-electron chi connectivity index (χ2n) is 4.59. The molecule has 0 fully saturated rings. The first-order valence-corrected chi connectivity index (χ1v) is 6.14. The average Bonchev–Trinajstić information content (AvgIpc) is 2.46. The van der Waals surface area contributed by atoms with Crippen molar-refractivity contribution in [3.63, 3.8) is 0 Å². The number of hydrogen-bond donors (Lipinski definition) is 0. The van der Waals surface area contributed by atoms with Crippen LogP contribution in [0, 0.1) is 0 Å². The minimum Gasteiger partial charge on any atom is -1.00 e. The van der Waals surface area contributed by atoms with Gasteiger partial charge in [-0.3, -0.25) is 0 Å². The van der Waals surface area contributed by atoms with Crippen molar-refractivity contribution in [3.8, 4) is 0 Å². The molecule has 0 bridgehead atoms. The highest BCUT2D eigenvalue weighted by Gasteiger charge is 2.08. The number of hydrogen-bond acceptors (Lipinski definition) is 0. The van der Waals surface area contributed by atoms with Crippen LogP contribution >= 0.6 is 0 Å². The minimum absolute atomic E-state index is 0. The summed E-state index contributed by atoms with van der Waals surface area (Å²) in [7, 11) is 0. The predicted octanol–water partition coefficient (Wildman–Crippen LogP) is 0.964. The number of para-hydroxylation sites is 1. The number of halogens is 1. The molecule has 0 aliphatic heterocycles. The van der Waals surface area contributed by atoms with E-state index in [4.69, 9.17) is 0 Å². The van der Waals surface area contributed by atoms with Crippen molar-refractivity contribution in [2.24, 2.45) is 0 Å². The van der Waals surface area contributed by atoms with Gasteiger partial charge in [-0.2, -0.15) is 0 Å². The fourth-order valence-corrected chi connectivity index (χ4v) is 2.69. The fraction of sp³-hybridized carbons (Fsp3) is 0. The van der Waals surface area contributed by atoms with Gasteiger partial charge in [-0.05, 0) is 22.9 Å². The molecule has 1 N–H and O–H groups in total. The van der Waals surface area contributed by atoms with Crippen LogP contribution < -0.4 is 17.4 Å². The highest BCUT2D eigenvalue weighted by Crippen LogP contribution is 2.29. The summed E-state index contributed by atoms with van der Waals surface area (Å²) in [5.41, 5.74) is 1.18. The Labute approximate surface area is 117 Å². The summed E-state index contributed by atoms with van der Waals surface area (Å²) < 4.78 is 0. The van der Waals surface area contributed by atoms with Crippen LogP contribution in [0.3, 0.4) is 0 Å². The molecule has 4 aromatic rings. The van der Waals surface area contributed by atoms with E-state index in [0.29, 0.717) is 0 Å². The molecular formula is C17H12ClN. The van der Waals surface area contributed by atoms with Gasteiger partial charge in [0.05, 0.1) is 5.39 Å². The number of H-pyrrole nitrogens is 1. The van der Waals surface area contributed by atoms with Gasteiger partial charge in [-0.1, -0.05) is 42.5 Å². The van der Waals surface area contributed by atoms with E-state index in [2.05, 4.69) is 71.8 Å². The van der Waals surface area contributed by atoms with Crippen LogP contribution in [-0.4, -0.2) is 0 Å². The van der Waals surface area contributed by atoms with Crippen LogP contribution in [0.15, 0.2) is 66.9 Å². The molecule has 2 heteroatoms. The van der Waals surface area contributed by atoms with Crippen LogP contribution in [0.5, 0.6) is 0 Å². The van der Waals surface area contributed by atoms with E-state index in [-0.39, 0.29) is 12.4 Å². The van der Waals surface area contributed by atoms with E-state index >= 15 is 0 Å². The van der Waals surface area contributed by atoms with Crippen LogP contribution in [0.1, 0.15) is 0 Å². The SMILES string of the molecule is [Cl-].c1ccc2c(c1)ccc1c[nH+]c3ccccc3c12. The van der Waals surface area contributed by atoms with Crippen molar-refractivity contribution >= 4 is 32.4 Å². The normalized spacial score (nSPS) is 10.7. The highest BCUT2D eigenvalue weighted by atomic mass is 35.5. The van der Waals surface area contributed by atoms with Crippen molar-refractivity contribution in [2.45, 2.75) is 0 Å². The molecule has 0 radical (unpaired) electrons. The summed E-state index contributed by atoms with van der Waals surface area (Å²) in [6.07, 6.45) is 2.09. The molecule has 1 aromatic heterocycles. The number of aromatic amines is 1. The first kappa shape index (κ1) is 11.9. The maximum atomic E-state index is 3.36. The minimum atomic E-state index is 0. The van der Waals surface area contributed by atoms with Gasteiger partial charge in [-0.15, -0.1) is 0 Å². The van der Waals surface area contributed by atoms with Gasteiger partial charge in [0.2, 0.25) is 5.52 Å². The van der Waals surface area contributed by atoms with Crippen LogP contribution in [0.25, 0.3) is 32.4 Å². The molecule has 1 nitrogen and oxygen atoms in total. The average molecular weight is 266 g/mol. The summed E-state index contributed by atoms with van der Waals surface area (Å²) >= 11 is 0. The number of pyridine rings is 1. The molecule has 0 spiro atoms. The van der Waals surface area contributed by atoms with Gasteiger partial charge < -0.3 is 12.4 Å². The predicted molar refractivity (Wildman–Crippen MR) is 75.5 cm³/mol. The number of benzene rings is 3. The van der Waals surface area contributed by atoms with Gasteiger partial charge in [0, 0.05) is 16.8 Å². The molecular weight excluding hydrogens is 254 g/mol. The molecule has 92 valence electrons. The maximum Gasteiger partial charge on any atom is 0.211 e. The molecule has 0 atom stereocenters. The van der Waals surface area contributed by atoms with E-state index in [1.807, 2.05) is 0 Å². The summed E-state index contributed by atoms with van der Waals surface area (Å²) in [5, 5.41) is 6.49. The Bertz CT molecular complexity index is 813. The fourth-order valence-electron chi connectivity index (χ4n) is 2.69. The Morgan fingerprint density at radius 1 is 0.632 bits per heavy atom. The second kappa shape index (κ2) is 4.52. The topological polar surface area (TPSA) is 14.1 Å². The van der Waals surface area contributed by atoms with E-state index in [1.165, 1.54) is 32.4 Å². The smallest absolute Gasteiger partial charge is 0.211 e. The number of rotatable bonds is 0. The molecule has 1 heterocycles. The van der Waals surface area contributed by atoms with Gasteiger partial charge in [-0.25, -0.2) is 4.98 Å². The molecule has 0 saturated carbocycles. The lowest BCUT2D eigenvalue weighted by Gasteiger charge is -2.04. The summed E-state index contributed by atoms with van der Waals surface area (Å²) in [6.45, 7) is 0. The summed E-state index contributed by atoms with van der Waals surface area (Å²) in [5.74, 6) is 0. The lowest BCUT2D eigenvalue weighted by molar-refractivity contribution is -0.342. The van der Waals surface area contributed by atoms with Crippen LogP contribution in [-0.2, 0) is 0 Å². The van der Waals surface area contributed by atoms with E-state index < -0.39 is 0 Å². The standard InChI is InChI=1S/C17H11N.ClH/c1-2-6-14-12(5-1)9-10-13-11-18-16-8-4-3-7-15(16)17(13)14;/h1-11H;1H.